The van der Waals surface area contributed by atoms with Crippen LogP contribution in [0.25, 0.3) is 0 Å². The number of rotatable bonds is 5. The molecule has 162 valence electrons. The van der Waals surface area contributed by atoms with Gasteiger partial charge in [0.2, 0.25) is 15.9 Å². The Hall–Kier alpha value is -1.93. The van der Waals surface area contributed by atoms with Crippen molar-refractivity contribution < 1.29 is 18.3 Å². The van der Waals surface area contributed by atoms with E-state index in [9.17, 15) is 18.3 Å². The van der Waals surface area contributed by atoms with Gasteiger partial charge >= 0.3 is 0 Å². The maximum atomic E-state index is 13.6. The van der Waals surface area contributed by atoms with E-state index in [1.807, 2.05) is 19.9 Å². The number of sulfonamides is 1. The van der Waals surface area contributed by atoms with Gasteiger partial charge in [0.25, 0.3) is 0 Å². The molecule has 1 fully saturated rings. The van der Waals surface area contributed by atoms with Crippen LogP contribution >= 0.6 is 11.6 Å². The Balaban J connectivity index is 1.88. The van der Waals surface area contributed by atoms with E-state index in [4.69, 9.17) is 11.6 Å². The van der Waals surface area contributed by atoms with Crippen LogP contribution in [0.3, 0.4) is 0 Å². The number of hydrogen-bond donors (Lipinski definition) is 2. The van der Waals surface area contributed by atoms with Crippen molar-refractivity contribution in [1.82, 2.24) is 9.62 Å². The van der Waals surface area contributed by atoms with Gasteiger partial charge in [0.15, 0.2) is 0 Å². The Bertz CT molecular complexity index is 1040. The number of halogens is 1. The average Bonchev–Trinajstić information content (AvgIpc) is 3.08. The first-order valence-electron chi connectivity index (χ1n) is 9.82. The molecule has 0 spiro atoms. The number of carbonyl (C=O) groups excluding carboxylic acids is 1. The van der Waals surface area contributed by atoms with Gasteiger partial charge in [0, 0.05) is 24.5 Å². The quantitative estimate of drug-likeness (QED) is 0.733. The molecule has 0 radical (unpaired) electrons. The van der Waals surface area contributed by atoms with Gasteiger partial charge in [-0.1, -0.05) is 29.8 Å². The van der Waals surface area contributed by atoms with Crippen LogP contribution in [0.15, 0.2) is 35.2 Å². The standard InChI is InChI=1S/C22H27ClN2O4S/c1-13-9-14(2)16(4)21(15(13)3)30(28,29)25-12-19(26)10-20(25)22(27)24-11-17-5-7-18(23)8-6-17/h5-9,19-20,26H,10-12H2,1-4H3,(H,24,27)/t19?,20-/m0/s1. The van der Waals surface area contributed by atoms with Crippen molar-refractivity contribution in [3.05, 3.63) is 63.2 Å². The molecule has 0 aromatic heterocycles. The van der Waals surface area contributed by atoms with Crippen molar-refractivity contribution in [1.29, 1.82) is 0 Å². The molecule has 1 saturated heterocycles. The van der Waals surface area contributed by atoms with E-state index in [1.54, 1.807) is 38.1 Å². The number of aryl methyl sites for hydroxylation is 2. The minimum Gasteiger partial charge on any atom is -0.392 e. The van der Waals surface area contributed by atoms with Gasteiger partial charge in [-0.25, -0.2) is 8.42 Å². The van der Waals surface area contributed by atoms with Gasteiger partial charge < -0.3 is 10.4 Å². The Kier molecular flexibility index (Phi) is 6.57. The number of nitrogens with zero attached hydrogens (tertiary/aromatic N) is 1. The summed E-state index contributed by atoms with van der Waals surface area (Å²) in [5.41, 5.74) is 3.93. The molecule has 2 aromatic carbocycles. The van der Waals surface area contributed by atoms with Crippen molar-refractivity contribution in [3.8, 4) is 0 Å². The van der Waals surface area contributed by atoms with E-state index in [0.29, 0.717) is 16.1 Å². The highest BCUT2D eigenvalue weighted by molar-refractivity contribution is 7.89. The number of nitrogens with one attached hydrogen (secondary N) is 1. The molecule has 0 aliphatic carbocycles. The van der Waals surface area contributed by atoms with E-state index in [2.05, 4.69) is 5.32 Å². The summed E-state index contributed by atoms with van der Waals surface area (Å²) in [5.74, 6) is -0.426. The molecule has 1 aliphatic rings. The summed E-state index contributed by atoms with van der Waals surface area (Å²) < 4.78 is 28.3. The fourth-order valence-corrected chi connectivity index (χ4v) is 6.22. The first-order chi connectivity index (χ1) is 14.0. The first kappa shape index (κ1) is 22.7. The summed E-state index contributed by atoms with van der Waals surface area (Å²) in [6.07, 6.45) is -0.827. The Labute approximate surface area is 182 Å². The van der Waals surface area contributed by atoms with Gasteiger partial charge in [-0.05, 0) is 67.6 Å². The highest BCUT2D eigenvalue weighted by Gasteiger charge is 2.44. The van der Waals surface area contributed by atoms with Crippen molar-refractivity contribution in [2.75, 3.05) is 6.54 Å². The summed E-state index contributed by atoms with van der Waals surface area (Å²) in [5, 5.41) is 13.6. The Morgan fingerprint density at radius 3 is 2.27 bits per heavy atom. The van der Waals surface area contributed by atoms with E-state index < -0.39 is 28.1 Å². The van der Waals surface area contributed by atoms with Gasteiger partial charge in [-0.2, -0.15) is 4.31 Å². The SMILES string of the molecule is Cc1cc(C)c(C)c(S(=O)(=O)N2CC(O)C[C@H]2C(=O)NCc2ccc(Cl)cc2)c1C. The highest BCUT2D eigenvalue weighted by Crippen LogP contribution is 2.33. The van der Waals surface area contributed by atoms with Crippen LogP contribution in [0.2, 0.25) is 5.02 Å². The normalized spacial score (nSPS) is 19.8. The minimum atomic E-state index is -3.97. The molecule has 1 amide bonds. The summed E-state index contributed by atoms with van der Waals surface area (Å²) in [7, 11) is -3.97. The molecular weight excluding hydrogens is 424 g/mol. The molecule has 8 heteroatoms. The maximum Gasteiger partial charge on any atom is 0.244 e. The molecular formula is C22H27ClN2O4S. The molecule has 30 heavy (non-hydrogen) atoms. The molecule has 1 unspecified atom stereocenters. The maximum absolute atomic E-state index is 13.6. The number of aliphatic hydroxyl groups is 1. The largest absolute Gasteiger partial charge is 0.392 e. The number of carbonyl (C=O) groups is 1. The third kappa shape index (κ3) is 4.39. The van der Waals surface area contributed by atoms with Crippen molar-refractivity contribution >= 4 is 27.5 Å². The number of aliphatic hydroxyl groups excluding tert-OH is 1. The number of benzene rings is 2. The topological polar surface area (TPSA) is 86.7 Å². The monoisotopic (exact) mass is 450 g/mol. The fourth-order valence-electron chi connectivity index (χ4n) is 3.88. The molecule has 6 nitrogen and oxygen atoms in total. The molecule has 1 aliphatic heterocycles. The minimum absolute atomic E-state index is 0.0641. The van der Waals surface area contributed by atoms with Gasteiger partial charge in [-0.3, -0.25) is 4.79 Å². The van der Waals surface area contributed by atoms with Crippen LogP contribution in [0.4, 0.5) is 0 Å². The lowest BCUT2D eigenvalue weighted by molar-refractivity contribution is -0.124. The van der Waals surface area contributed by atoms with Crippen LogP contribution < -0.4 is 5.32 Å². The zero-order valence-corrected chi connectivity index (χ0v) is 19.1. The summed E-state index contributed by atoms with van der Waals surface area (Å²) in [4.78, 5) is 13.1. The second kappa shape index (κ2) is 8.67. The number of amides is 1. The van der Waals surface area contributed by atoms with E-state index in [-0.39, 0.29) is 24.4 Å². The summed E-state index contributed by atoms with van der Waals surface area (Å²) in [6.45, 7) is 7.44. The van der Waals surface area contributed by atoms with Crippen LogP contribution in [0.1, 0.15) is 34.2 Å². The fraction of sp³-hybridized carbons (Fsp3) is 0.409. The van der Waals surface area contributed by atoms with Crippen LogP contribution in [0.5, 0.6) is 0 Å². The Morgan fingerprint density at radius 1 is 1.13 bits per heavy atom. The Morgan fingerprint density at radius 2 is 1.70 bits per heavy atom. The molecule has 2 aromatic rings. The number of hydrogen-bond acceptors (Lipinski definition) is 4. The van der Waals surface area contributed by atoms with Gasteiger partial charge in [0.05, 0.1) is 11.0 Å². The first-order valence-corrected chi connectivity index (χ1v) is 11.6. The molecule has 2 atom stereocenters. The average molecular weight is 451 g/mol. The summed E-state index contributed by atoms with van der Waals surface area (Å²) in [6, 6.07) is 8.04. The van der Waals surface area contributed by atoms with Gasteiger partial charge in [-0.15, -0.1) is 0 Å². The lowest BCUT2D eigenvalue weighted by atomic mass is 10.0. The van der Waals surface area contributed by atoms with Crippen molar-refractivity contribution in [2.45, 2.75) is 57.7 Å². The zero-order chi connectivity index (χ0) is 22.2. The lowest BCUT2D eigenvalue weighted by Gasteiger charge is -2.26. The molecule has 2 N–H and O–H groups in total. The molecule has 0 saturated carbocycles. The van der Waals surface area contributed by atoms with Crippen LogP contribution in [0, 0.1) is 27.7 Å². The predicted molar refractivity (Wildman–Crippen MR) is 117 cm³/mol. The zero-order valence-electron chi connectivity index (χ0n) is 17.6. The number of β-amino-alcohol motifs (C(OH)–C–C–N with tert-alkyl or cyclic N) is 1. The molecule has 3 rings (SSSR count). The summed E-state index contributed by atoms with van der Waals surface area (Å²) >= 11 is 5.88. The smallest absolute Gasteiger partial charge is 0.244 e. The second-order valence-electron chi connectivity index (χ2n) is 7.91. The molecule has 1 heterocycles. The molecule has 0 bridgehead atoms. The van der Waals surface area contributed by atoms with Crippen molar-refractivity contribution in [2.24, 2.45) is 0 Å². The predicted octanol–water partition coefficient (Wildman–Crippen LogP) is 3.01. The lowest BCUT2D eigenvalue weighted by Crippen LogP contribution is -2.46. The van der Waals surface area contributed by atoms with E-state index in [0.717, 1.165) is 21.0 Å². The van der Waals surface area contributed by atoms with E-state index >= 15 is 0 Å². The third-order valence-corrected chi connectivity index (χ3v) is 8.18. The van der Waals surface area contributed by atoms with Crippen LogP contribution in [-0.4, -0.2) is 42.4 Å². The van der Waals surface area contributed by atoms with Crippen molar-refractivity contribution in [3.63, 3.8) is 0 Å². The third-order valence-electron chi connectivity index (χ3n) is 5.78. The van der Waals surface area contributed by atoms with Crippen LogP contribution in [-0.2, 0) is 21.4 Å². The van der Waals surface area contributed by atoms with Gasteiger partial charge in [0.1, 0.15) is 6.04 Å². The highest BCUT2D eigenvalue weighted by atomic mass is 35.5. The second-order valence-corrected chi connectivity index (χ2v) is 10.2. The van der Waals surface area contributed by atoms with E-state index in [1.165, 1.54) is 0 Å².